The van der Waals surface area contributed by atoms with E-state index in [1.807, 2.05) is 19.9 Å². The number of methoxy groups -OCH3 is 1. The van der Waals surface area contributed by atoms with E-state index in [0.29, 0.717) is 23.2 Å². The highest BCUT2D eigenvalue weighted by atomic mass is 16.6. The van der Waals surface area contributed by atoms with Crippen molar-refractivity contribution < 1.29 is 14.4 Å². The second-order valence-corrected chi connectivity index (χ2v) is 7.05. The topological polar surface area (TPSA) is 83.6 Å². The number of non-ortho nitro benzene ring substituents is 1. The van der Waals surface area contributed by atoms with Crippen LogP contribution < -0.4 is 15.0 Å². The van der Waals surface area contributed by atoms with Gasteiger partial charge >= 0.3 is 0 Å². The fourth-order valence-corrected chi connectivity index (χ4v) is 3.10. The number of nitro groups is 1. The van der Waals surface area contributed by atoms with E-state index in [-0.39, 0.29) is 23.6 Å². The molecular formula is C22H28N2O5. The first-order chi connectivity index (χ1) is 13.8. The van der Waals surface area contributed by atoms with E-state index in [2.05, 4.69) is 19.9 Å². The van der Waals surface area contributed by atoms with Gasteiger partial charge in [0.05, 0.1) is 17.5 Å². The van der Waals surface area contributed by atoms with Crippen LogP contribution in [0, 0.1) is 10.1 Å². The van der Waals surface area contributed by atoms with Gasteiger partial charge in [-0.15, -0.1) is 0 Å². The number of allylic oxidation sites excluding steroid dienone is 3. The molecule has 0 fully saturated rings. The molecule has 0 aliphatic heterocycles. The largest absolute Gasteiger partial charge is 0.492 e. The van der Waals surface area contributed by atoms with Gasteiger partial charge in [0.25, 0.3) is 11.2 Å². The van der Waals surface area contributed by atoms with E-state index < -0.39 is 4.92 Å². The maximum atomic E-state index is 13.0. The lowest BCUT2D eigenvalue weighted by molar-refractivity contribution is -0.384. The Morgan fingerprint density at radius 1 is 1.21 bits per heavy atom. The lowest BCUT2D eigenvalue weighted by atomic mass is 10.1. The molecule has 0 atom stereocenters. The number of nitrogens with zero attached hydrogens (tertiary/aromatic N) is 2. The number of nitro benzene ring substituents is 1. The molecule has 0 N–H and O–H groups in total. The number of pyridine rings is 1. The van der Waals surface area contributed by atoms with Gasteiger partial charge in [0.1, 0.15) is 6.61 Å². The standard InChI is InChI=1S/C22H28N2O5/c1-6-23-19-14-17(24(26)27)10-11-18(19)20(28-5)21(22(23)25)29-13-12-16(4)9-7-8-15(2)3/h8,10-12,14H,6-7,9,13H2,1-5H3. The molecule has 0 aliphatic rings. The zero-order chi connectivity index (χ0) is 21.6. The van der Waals surface area contributed by atoms with E-state index in [1.54, 1.807) is 6.07 Å². The first-order valence-corrected chi connectivity index (χ1v) is 9.60. The van der Waals surface area contributed by atoms with Crippen LogP contribution in [-0.4, -0.2) is 23.2 Å². The van der Waals surface area contributed by atoms with Crippen molar-refractivity contribution in [1.82, 2.24) is 4.57 Å². The van der Waals surface area contributed by atoms with E-state index in [1.165, 1.54) is 35.0 Å². The molecule has 0 bridgehead atoms. The highest BCUT2D eigenvalue weighted by Crippen LogP contribution is 2.34. The monoisotopic (exact) mass is 400 g/mol. The number of rotatable bonds is 9. The third-order valence-electron chi connectivity index (χ3n) is 4.64. The van der Waals surface area contributed by atoms with Gasteiger partial charge in [-0.25, -0.2) is 0 Å². The summed E-state index contributed by atoms with van der Waals surface area (Å²) < 4.78 is 12.7. The van der Waals surface area contributed by atoms with Crippen molar-refractivity contribution >= 4 is 16.6 Å². The summed E-state index contributed by atoms with van der Waals surface area (Å²) >= 11 is 0. The number of aryl methyl sites for hydroxylation is 1. The van der Waals surface area contributed by atoms with Gasteiger partial charge in [-0.1, -0.05) is 17.2 Å². The predicted molar refractivity (Wildman–Crippen MR) is 115 cm³/mol. The molecule has 1 aromatic carbocycles. The number of fused-ring (bicyclic) bond motifs is 1. The predicted octanol–water partition coefficient (Wildman–Crippen LogP) is 5.01. The molecule has 7 heteroatoms. The number of ether oxygens (including phenoxy) is 2. The van der Waals surface area contributed by atoms with Crippen LogP contribution >= 0.6 is 0 Å². The fourth-order valence-electron chi connectivity index (χ4n) is 3.10. The first kappa shape index (κ1) is 22.2. The van der Waals surface area contributed by atoms with Gasteiger partial charge in [-0.3, -0.25) is 14.9 Å². The molecule has 7 nitrogen and oxygen atoms in total. The number of aromatic nitrogens is 1. The summed E-state index contributed by atoms with van der Waals surface area (Å²) in [6.07, 6.45) is 6.02. The molecule has 29 heavy (non-hydrogen) atoms. The van der Waals surface area contributed by atoms with E-state index in [9.17, 15) is 14.9 Å². The quantitative estimate of drug-likeness (QED) is 0.336. The van der Waals surface area contributed by atoms with Crippen LogP contribution in [0.25, 0.3) is 10.9 Å². The molecule has 2 rings (SSSR count). The summed E-state index contributed by atoms with van der Waals surface area (Å²) in [7, 11) is 1.46. The summed E-state index contributed by atoms with van der Waals surface area (Å²) in [5.74, 6) is 0.407. The van der Waals surface area contributed by atoms with Gasteiger partial charge in [0.2, 0.25) is 5.75 Å². The summed E-state index contributed by atoms with van der Waals surface area (Å²) in [5.41, 5.74) is 2.46. The minimum atomic E-state index is -0.483. The van der Waals surface area contributed by atoms with Gasteiger partial charge < -0.3 is 14.0 Å². The Labute approximate surface area is 170 Å². The maximum absolute atomic E-state index is 13.0. The molecule has 1 heterocycles. The van der Waals surface area contributed by atoms with Crippen molar-refractivity contribution in [1.29, 1.82) is 0 Å². The minimum absolute atomic E-state index is 0.0789. The van der Waals surface area contributed by atoms with Gasteiger partial charge in [-0.05, 0) is 52.7 Å². The Balaban J connectivity index is 2.39. The average molecular weight is 400 g/mol. The Kier molecular flexibility index (Phi) is 7.59. The van der Waals surface area contributed by atoms with Crippen molar-refractivity contribution in [3.63, 3.8) is 0 Å². The molecule has 0 radical (unpaired) electrons. The number of benzene rings is 1. The van der Waals surface area contributed by atoms with E-state index in [0.717, 1.165) is 12.8 Å². The highest BCUT2D eigenvalue weighted by molar-refractivity contribution is 5.89. The van der Waals surface area contributed by atoms with Gasteiger partial charge in [-0.2, -0.15) is 0 Å². The lowest BCUT2D eigenvalue weighted by Gasteiger charge is -2.16. The second kappa shape index (κ2) is 9.91. The number of hydrogen-bond acceptors (Lipinski definition) is 5. The van der Waals surface area contributed by atoms with Gasteiger partial charge in [0, 0.05) is 24.1 Å². The molecule has 2 aromatic rings. The fraction of sp³-hybridized carbons (Fsp3) is 0.409. The van der Waals surface area contributed by atoms with Crippen molar-refractivity contribution in [2.45, 2.75) is 47.1 Å². The molecule has 0 unspecified atom stereocenters. The molecular weight excluding hydrogens is 372 g/mol. The normalized spacial score (nSPS) is 11.4. The average Bonchev–Trinajstić information content (AvgIpc) is 2.67. The van der Waals surface area contributed by atoms with Gasteiger partial charge in [0.15, 0.2) is 5.75 Å². The van der Waals surface area contributed by atoms with Crippen LogP contribution in [0.3, 0.4) is 0 Å². The smallest absolute Gasteiger partial charge is 0.297 e. The molecule has 0 saturated heterocycles. The van der Waals surface area contributed by atoms with Crippen molar-refractivity contribution in [2.24, 2.45) is 0 Å². The molecule has 1 aromatic heterocycles. The minimum Gasteiger partial charge on any atom is -0.492 e. The lowest BCUT2D eigenvalue weighted by Crippen LogP contribution is -2.23. The third-order valence-corrected chi connectivity index (χ3v) is 4.64. The van der Waals surface area contributed by atoms with Crippen molar-refractivity contribution in [3.8, 4) is 11.5 Å². The summed E-state index contributed by atoms with van der Waals surface area (Å²) in [6, 6.07) is 4.37. The maximum Gasteiger partial charge on any atom is 0.297 e. The third kappa shape index (κ3) is 5.25. The molecule has 0 amide bonds. The molecule has 0 aliphatic carbocycles. The number of hydrogen-bond donors (Lipinski definition) is 0. The summed E-state index contributed by atoms with van der Waals surface area (Å²) in [5, 5.41) is 11.7. The van der Waals surface area contributed by atoms with Crippen LogP contribution in [0.4, 0.5) is 5.69 Å². The van der Waals surface area contributed by atoms with Crippen LogP contribution in [0.5, 0.6) is 11.5 Å². The zero-order valence-corrected chi connectivity index (χ0v) is 17.7. The summed E-state index contributed by atoms with van der Waals surface area (Å²) in [4.78, 5) is 23.6. The van der Waals surface area contributed by atoms with Crippen LogP contribution in [0.15, 0.2) is 46.3 Å². The Bertz CT molecular complexity index is 1010. The molecule has 0 spiro atoms. The van der Waals surface area contributed by atoms with E-state index in [4.69, 9.17) is 9.47 Å². The van der Waals surface area contributed by atoms with Crippen LogP contribution in [0.2, 0.25) is 0 Å². The van der Waals surface area contributed by atoms with Crippen LogP contribution in [0.1, 0.15) is 40.5 Å². The molecule has 156 valence electrons. The zero-order valence-electron chi connectivity index (χ0n) is 17.7. The second-order valence-electron chi connectivity index (χ2n) is 7.05. The van der Waals surface area contributed by atoms with Crippen molar-refractivity contribution in [3.05, 3.63) is 62.0 Å². The van der Waals surface area contributed by atoms with Crippen molar-refractivity contribution in [2.75, 3.05) is 13.7 Å². The Hall–Kier alpha value is -3.09. The molecule has 0 saturated carbocycles. The highest BCUT2D eigenvalue weighted by Gasteiger charge is 2.20. The SMILES string of the molecule is CCn1c(=O)c(OCC=C(C)CCC=C(C)C)c(OC)c2ccc([N+](=O)[O-])cc21. The Morgan fingerprint density at radius 3 is 2.52 bits per heavy atom. The summed E-state index contributed by atoms with van der Waals surface area (Å²) in [6.45, 7) is 8.58. The van der Waals surface area contributed by atoms with E-state index >= 15 is 0 Å². The van der Waals surface area contributed by atoms with Crippen LogP contribution in [-0.2, 0) is 6.54 Å². The first-order valence-electron chi connectivity index (χ1n) is 9.60. The Morgan fingerprint density at radius 2 is 1.93 bits per heavy atom.